The molecule has 0 spiro atoms. The van der Waals surface area contributed by atoms with Crippen LogP contribution < -0.4 is 10.6 Å². The Labute approximate surface area is 117 Å². The van der Waals surface area contributed by atoms with Gasteiger partial charge in [-0.3, -0.25) is 9.78 Å². The summed E-state index contributed by atoms with van der Waals surface area (Å²) in [6.45, 7) is 4.41. The molecule has 2 N–H and O–H groups in total. The monoisotopic (exact) mass is 273 g/mol. The van der Waals surface area contributed by atoms with Crippen LogP contribution in [0, 0.1) is 12.7 Å². The quantitative estimate of drug-likeness (QED) is 0.899. The molecule has 0 saturated heterocycles. The second-order valence-corrected chi connectivity index (χ2v) is 4.39. The number of aryl methyl sites for hydroxylation is 1. The number of nitrogens with one attached hydrogen (secondary N) is 2. The van der Waals surface area contributed by atoms with Crippen LogP contribution in [0.1, 0.15) is 22.8 Å². The van der Waals surface area contributed by atoms with E-state index in [-0.39, 0.29) is 5.69 Å². The first kappa shape index (κ1) is 14.0. The van der Waals surface area contributed by atoms with Gasteiger partial charge in [-0.2, -0.15) is 0 Å². The average Bonchev–Trinajstić information content (AvgIpc) is 2.43. The van der Waals surface area contributed by atoms with Gasteiger partial charge in [-0.1, -0.05) is 6.07 Å². The molecule has 0 bridgehead atoms. The van der Waals surface area contributed by atoms with Gasteiger partial charge in [0.05, 0.1) is 16.9 Å². The third-order valence-electron chi connectivity index (χ3n) is 2.81. The molecule has 20 heavy (non-hydrogen) atoms. The van der Waals surface area contributed by atoms with Crippen LogP contribution in [0.3, 0.4) is 0 Å². The summed E-state index contributed by atoms with van der Waals surface area (Å²) < 4.78 is 13.7. The Hall–Kier alpha value is -2.43. The van der Waals surface area contributed by atoms with Gasteiger partial charge in [0, 0.05) is 18.9 Å². The van der Waals surface area contributed by atoms with E-state index in [2.05, 4.69) is 15.6 Å². The Kier molecular flexibility index (Phi) is 4.30. The number of hydrogen-bond donors (Lipinski definition) is 2. The van der Waals surface area contributed by atoms with Crippen molar-refractivity contribution < 1.29 is 9.18 Å². The second kappa shape index (κ2) is 6.14. The van der Waals surface area contributed by atoms with Crippen LogP contribution >= 0.6 is 0 Å². The summed E-state index contributed by atoms with van der Waals surface area (Å²) >= 11 is 0. The molecule has 1 heterocycles. The van der Waals surface area contributed by atoms with Crippen molar-refractivity contribution in [2.45, 2.75) is 13.8 Å². The molecule has 0 unspecified atom stereocenters. The first-order chi connectivity index (χ1) is 9.61. The van der Waals surface area contributed by atoms with E-state index in [1.54, 1.807) is 31.3 Å². The average molecular weight is 273 g/mol. The lowest BCUT2D eigenvalue weighted by Crippen LogP contribution is -2.16. The van der Waals surface area contributed by atoms with Crippen LogP contribution in [0.5, 0.6) is 0 Å². The highest BCUT2D eigenvalue weighted by atomic mass is 19.1. The molecule has 0 atom stereocenters. The maximum atomic E-state index is 13.7. The van der Waals surface area contributed by atoms with Crippen LogP contribution in [-0.4, -0.2) is 17.4 Å². The number of carbonyl (C=O) groups is 1. The number of amides is 1. The number of halogens is 1. The second-order valence-electron chi connectivity index (χ2n) is 4.39. The van der Waals surface area contributed by atoms with Crippen molar-refractivity contribution in [3.05, 3.63) is 53.6 Å². The lowest BCUT2D eigenvalue weighted by atomic mass is 10.2. The molecule has 104 valence electrons. The third kappa shape index (κ3) is 3.12. The van der Waals surface area contributed by atoms with E-state index < -0.39 is 11.7 Å². The van der Waals surface area contributed by atoms with Crippen molar-refractivity contribution in [2.24, 2.45) is 0 Å². The molecule has 2 aromatic rings. The molecule has 0 aliphatic heterocycles. The molecule has 5 heteroatoms. The Morgan fingerprint density at radius 3 is 2.80 bits per heavy atom. The van der Waals surface area contributed by atoms with E-state index in [0.717, 1.165) is 5.56 Å². The van der Waals surface area contributed by atoms with Crippen LogP contribution in [0.4, 0.5) is 15.8 Å². The van der Waals surface area contributed by atoms with Gasteiger partial charge in [0.25, 0.3) is 5.91 Å². The Balaban J connectivity index is 2.24. The molecule has 2 rings (SSSR count). The van der Waals surface area contributed by atoms with Crippen molar-refractivity contribution in [1.29, 1.82) is 0 Å². The van der Waals surface area contributed by atoms with Crippen molar-refractivity contribution in [2.75, 3.05) is 17.2 Å². The maximum absolute atomic E-state index is 13.7. The van der Waals surface area contributed by atoms with Gasteiger partial charge in [-0.25, -0.2) is 4.39 Å². The zero-order valence-electron chi connectivity index (χ0n) is 11.4. The molecule has 0 saturated carbocycles. The summed E-state index contributed by atoms with van der Waals surface area (Å²) in [7, 11) is 0. The van der Waals surface area contributed by atoms with Gasteiger partial charge < -0.3 is 10.6 Å². The van der Waals surface area contributed by atoms with Gasteiger partial charge in [-0.05, 0) is 37.6 Å². The molecular formula is C15H16FN3O. The predicted molar refractivity (Wildman–Crippen MR) is 77.5 cm³/mol. The lowest BCUT2D eigenvalue weighted by molar-refractivity contribution is 0.102. The Morgan fingerprint density at radius 1 is 1.30 bits per heavy atom. The van der Waals surface area contributed by atoms with Crippen molar-refractivity contribution >= 4 is 17.3 Å². The minimum atomic E-state index is -0.452. The highest BCUT2D eigenvalue weighted by Crippen LogP contribution is 2.19. The van der Waals surface area contributed by atoms with E-state index in [1.165, 1.54) is 12.3 Å². The topological polar surface area (TPSA) is 54.0 Å². The normalized spacial score (nSPS) is 10.2. The zero-order chi connectivity index (χ0) is 14.5. The van der Waals surface area contributed by atoms with Crippen LogP contribution in [0.25, 0.3) is 0 Å². The number of aromatic nitrogens is 1. The first-order valence-corrected chi connectivity index (χ1v) is 6.37. The van der Waals surface area contributed by atoms with E-state index in [9.17, 15) is 9.18 Å². The van der Waals surface area contributed by atoms with Crippen LogP contribution in [0.2, 0.25) is 0 Å². The molecule has 1 aromatic heterocycles. The number of carbonyl (C=O) groups excluding carboxylic acids is 1. The van der Waals surface area contributed by atoms with Gasteiger partial charge >= 0.3 is 0 Å². The van der Waals surface area contributed by atoms with E-state index in [1.807, 2.05) is 6.92 Å². The summed E-state index contributed by atoms with van der Waals surface area (Å²) in [4.78, 5) is 16.1. The van der Waals surface area contributed by atoms with Gasteiger partial charge in [0.15, 0.2) is 0 Å². The summed E-state index contributed by atoms with van der Waals surface area (Å²) in [5.74, 6) is -0.843. The van der Waals surface area contributed by atoms with Crippen LogP contribution in [-0.2, 0) is 0 Å². The Bertz CT molecular complexity index is 628. The SMILES string of the molecule is CCNc1ccncc1C(=O)Nc1ccc(C)cc1F. The maximum Gasteiger partial charge on any atom is 0.259 e. The molecule has 0 aliphatic carbocycles. The number of hydrogen-bond acceptors (Lipinski definition) is 3. The number of anilines is 2. The smallest absolute Gasteiger partial charge is 0.259 e. The number of benzene rings is 1. The number of nitrogens with zero attached hydrogens (tertiary/aromatic N) is 1. The fourth-order valence-corrected chi connectivity index (χ4v) is 1.83. The van der Waals surface area contributed by atoms with Crippen molar-refractivity contribution in [3.8, 4) is 0 Å². The molecular weight excluding hydrogens is 257 g/mol. The molecule has 0 fully saturated rings. The van der Waals surface area contributed by atoms with Crippen molar-refractivity contribution in [3.63, 3.8) is 0 Å². The summed E-state index contributed by atoms with van der Waals surface area (Å²) in [5, 5.41) is 5.63. The standard InChI is InChI=1S/C15H16FN3O/c1-3-18-13-6-7-17-9-11(13)15(20)19-14-5-4-10(2)8-12(14)16/h4-9H,3H2,1-2H3,(H,17,18)(H,19,20). The highest BCUT2D eigenvalue weighted by molar-refractivity contribution is 6.07. The number of rotatable bonds is 4. The largest absolute Gasteiger partial charge is 0.385 e. The zero-order valence-corrected chi connectivity index (χ0v) is 11.4. The van der Waals surface area contributed by atoms with E-state index in [4.69, 9.17) is 0 Å². The minimum Gasteiger partial charge on any atom is -0.385 e. The Morgan fingerprint density at radius 2 is 2.10 bits per heavy atom. The first-order valence-electron chi connectivity index (χ1n) is 6.37. The molecule has 1 aromatic carbocycles. The molecule has 4 nitrogen and oxygen atoms in total. The highest BCUT2D eigenvalue weighted by Gasteiger charge is 2.13. The fourth-order valence-electron chi connectivity index (χ4n) is 1.83. The minimum absolute atomic E-state index is 0.159. The summed E-state index contributed by atoms with van der Waals surface area (Å²) in [5.41, 5.74) is 2.02. The molecule has 1 amide bonds. The molecule has 0 radical (unpaired) electrons. The van der Waals surface area contributed by atoms with Crippen molar-refractivity contribution in [1.82, 2.24) is 4.98 Å². The lowest BCUT2D eigenvalue weighted by Gasteiger charge is -2.11. The fraction of sp³-hybridized carbons (Fsp3) is 0.200. The van der Waals surface area contributed by atoms with E-state index in [0.29, 0.717) is 17.8 Å². The number of pyridine rings is 1. The van der Waals surface area contributed by atoms with Gasteiger partial charge in [0.2, 0.25) is 0 Å². The summed E-state index contributed by atoms with van der Waals surface area (Å²) in [6.07, 6.45) is 3.06. The third-order valence-corrected chi connectivity index (χ3v) is 2.81. The van der Waals surface area contributed by atoms with Gasteiger partial charge in [0.1, 0.15) is 5.82 Å². The van der Waals surface area contributed by atoms with E-state index >= 15 is 0 Å². The predicted octanol–water partition coefficient (Wildman–Crippen LogP) is 3.21. The van der Waals surface area contributed by atoms with Gasteiger partial charge in [-0.15, -0.1) is 0 Å². The van der Waals surface area contributed by atoms with Crippen LogP contribution in [0.15, 0.2) is 36.7 Å². The summed E-state index contributed by atoms with van der Waals surface area (Å²) in [6, 6.07) is 6.38. The molecule has 0 aliphatic rings.